The van der Waals surface area contributed by atoms with Crippen molar-refractivity contribution in [2.24, 2.45) is 5.92 Å². The van der Waals surface area contributed by atoms with Crippen LogP contribution in [0.4, 0.5) is 0 Å². The lowest BCUT2D eigenvalue weighted by atomic mass is 9.91. The lowest BCUT2D eigenvalue weighted by molar-refractivity contribution is -0.145. The predicted molar refractivity (Wildman–Crippen MR) is 102 cm³/mol. The monoisotopic (exact) mass is 376 g/mol. The largest absolute Gasteiger partial charge is 0.372 e. The number of aryl methyl sites for hydroxylation is 1. The van der Waals surface area contributed by atoms with Crippen molar-refractivity contribution < 1.29 is 14.3 Å². The molecule has 2 fully saturated rings. The highest BCUT2D eigenvalue weighted by atomic mass is 16.5. The van der Waals surface area contributed by atoms with E-state index in [1.54, 1.807) is 6.20 Å². The van der Waals surface area contributed by atoms with Crippen LogP contribution in [0, 0.1) is 5.92 Å². The first-order valence-electron chi connectivity index (χ1n) is 10.3. The number of rotatable bonds is 7. The van der Waals surface area contributed by atoms with E-state index in [-0.39, 0.29) is 18.4 Å². The maximum atomic E-state index is 13.2. The molecule has 0 aromatic carbocycles. The fourth-order valence-corrected chi connectivity index (χ4v) is 4.20. The molecular formula is C20H32N4O3. The number of aromatic nitrogens is 2. The van der Waals surface area contributed by atoms with Crippen LogP contribution in [0.1, 0.15) is 45.4 Å². The maximum Gasteiger partial charge on any atom is 0.248 e. The molecule has 1 atom stereocenters. The van der Waals surface area contributed by atoms with Crippen molar-refractivity contribution in [1.82, 2.24) is 19.4 Å². The lowest BCUT2D eigenvalue weighted by Crippen LogP contribution is -2.50. The summed E-state index contributed by atoms with van der Waals surface area (Å²) in [6.07, 6.45) is 11.5. The molecule has 2 amide bonds. The Morgan fingerprint density at radius 3 is 2.67 bits per heavy atom. The Morgan fingerprint density at radius 2 is 1.96 bits per heavy atom. The highest BCUT2D eigenvalue weighted by Gasteiger charge is 2.34. The second kappa shape index (κ2) is 9.88. The third-order valence-corrected chi connectivity index (χ3v) is 5.82. The summed E-state index contributed by atoms with van der Waals surface area (Å²) in [5.41, 5.74) is 0. The van der Waals surface area contributed by atoms with Crippen LogP contribution in [0.5, 0.6) is 0 Å². The highest BCUT2D eigenvalue weighted by Crippen LogP contribution is 2.26. The average molecular weight is 377 g/mol. The molecule has 27 heavy (non-hydrogen) atoms. The van der Waals surface area contributed by atoms with Crippen molar-refractivity contribution in [3.8, 4) is 0 Å². The molecule has 7 heteroatoms. The van der Waals surface area contributed by atoms with E-state index in [4.69, 9.17) is 4.74 Å². The molecule has 0 bridgehead atoms. The molecule has 2 aliphatic rings. The number of piperidine rings is 2. The molecule has 2 saturated heterocycles. The Morgan fingerprint density at radius 1 is 1.15 bits per heavy atom. The third kappa shape index (κ3) is 5.31. The lowest BCUT2D eigenvalue weighted by Gasteiger charge is -2.40. The number of ether oxygens (including phenoxy) is 1. The van der Waals surface area contributed by atoms with Gasteiger partial charge in [-0.2, -0.15) is 0 Å². The van der Waals surface area contributed by atoms with Crippen molar-refractivity contribution in [3.63, 3.8) is 0 Å². The second-order valence-electron chi connectivity index (χ2n) is 7.56. The zero-order valence-electron chi connectivity index (χ0n) is 16.4. The standard InChI is InChI=1S/C20H32N4O3/c1-2-27-15-19(25)23-12-6-17(7-13-23)20(26)24-10-4-3-5-18(24)8-11-22-14-9-21-16-22/h9,14,16-18H,2-8,10-13,15H2,1H3/t18-/m0/s1. The van der Waals surface area contributed by atoms with Crippen LogP contribution < -0.4 is 0 Å². The van der Waals surface area contributed by atoms with E-state index in [0.717, 1.165) is 45.2 Å². The van der Waals surface area contributed by atoms with Crippen LogP contribution >= 0.6 is 0 Å². The molecule has 0 unspecified atom stereocenters. The molecule has 0 N–H and O–H groups in total. The normalized spacial score (nSPS) is 21.4. The number of carbonyl (C=O) groups is 2. The van der Waals surface area contributed by atoms with Gasteiger partial charge in [0.05, 0.1) is 6.33 Å². The van der Waals surface area contributed by atoms with E-state index in [1.807, 2.05) is 24.3 Å². The zero-order chi connectivity index (χ0) is 19.1. The van der Waals surface area contributed by atoms with Crippen molar-refractivity contribution >= 4 is 11.8 Å². The first-order valence-corrected chi connectivity index (χ1v) is 10.3. The number of hydrogen-bond donors (Lipinski definition) is 0. The van der Waals surface area contributed by atoms with Gasteiger partial charge in [-0.1, -0.05) is 0 Å². The minimum Gasteiger partial charge on any atom is -0.372 e. The van der Waals surface area contributed by atoms with E-state index in [1.165, 1.54) is 6.42 Å². The van der Waals surface area contributed by atoms with E-state index >= 15 is 0 Å². The highest BCUT2D eigenvalue weighted by molar-refractivity contribution is 5.81. The molecule has 0 spiro atoms. The van der Waals surface area contributed by atoms with E-state index in [9.17, 15) is 9.59 Å². The Balaban J connectivity index is 1.50. The maximum absolute atomic E-state index is 13.2. The molecule has 2 aliphatic heterocycles. The number of hydrogen-bond acceptors (Lipinski definition) is 4. The van der Waals surface area contributed by atoms with Gasteiger partial charge in [-0.05, 0) is 45.4 Å². The van der Waals surface area contributed by atoms with Crippen LogP contribution in [0.15, 0.2) is 18.7 Å². The Labute approximate surface area is 161 Å². The summed E-state index contributed by atoms with van der Waals surface area (Å²) in [6.45, 7) is 5.69. The number of carbonyl (C=O) groups excluding carboxylic acids is 2. The van der Waals surface area contributed by atoms with E-state index in [0.29, 0.717) is 31.6 Å². The number of amides is 2. The second-order valence-corrected chi connectivity index (χ2v) is 7.56. The van der Waals surface area contributed by atoms with Crippen LogP contribution in [-0.2, 0) is 20.9 Å². The summed E-state index contributed by atoms with van der Waals surface area (Å²) in [5.74, 6) is 0.385. The van der Waals surface area contributed by atoms with Crippen molar-refractivity contribution in [1.29, 1.82) is 0 Å². The van der Waals surface area contributed by atoms with Gasteiger partial charge in [0.1, 0.15) is 6.61 Å². The van der Waals surface area contributed by atoms with Gasteiger partial charge in [0.15, 0.2) is 0 Å². The topological polar surface area (TPSA) is 67.7 Å². The van der Waals surface area contributed by atoms with Gasteiger partial charge in [0.25, 0.3) is 0 Å². The molecular weight excluding hydrogens is 344 g/mol. The SMILES string of the molecule is CCOCC(=O)N1CCC(C(=O)N2CCCC[C@H]2CCn2ccnc2)CC1. The van der Waals surface area contributed by atoms with E-state index in [2.05, 4.69) is 14.5 Å². The summed E-state index contributed by atoms with van der Waals surface area (Å²) >= 11 is 0. The van der Waals surface area contributed by atoms with Gasteiger partial charge in [0, 0.05) is 57.1 Å². The average Bonchev–Trinajstić information content (AvgIpc) is 3.24. The van der Waals surface area contributed by atoms with Gasteiger partial charge in [-0.25, -0.2) is 4.98 Å². The fourth-order valence-electron chi connectivity index (χ4n) is 4.20. The molecule has 0 aliphatic carbocycles. The summed E-state index contributed by atoms with van der Waals surface area (Å²) in [7, 11) is 0. The van der Waals surface area contributed by atoms with E-state index < -0.39 is 0 Å². The summed E-state index contributed by atoms with van der Waals surface area (Å²) in [5, 5.41) is 0. The summed E-state index contributed by atoms with van der Waals surface area (Å²) in [4.78, 5) is 33.3. The van der Waals surface area contributed by atoms with Crippen LogP contribution in [0.2, 0.25) is 0 Å². The van der Waals surface area contributed by atoms with Crippen LogP contribution in [-0.4, -0.2) is 70.1 Å². The minimum absolute atomic E-state index is 0.0407. The quantitative estimate of drug-likeness (QED) is 0.729. The number of nitrogens with zero attached hydrogens (tertiary/aromatic N) is 4. The van der Waals surface area contributed by atoms with Crippen LogP contribution in [0.3, 0.4) is 0 Å². The summed E-state index contributed by atoms with van der Waals surface area (Å²) in [6, 6.07) is 0.325. The van der Waals surface area contributed by atoms with Gasteiger partial charge >= 0.3 is 0 Å². The Kier molecular flexibility index (Phi) is 7.26. The molecule has 0 saturated carbocycles. The fraction of sp³-hybridized carbons (Fsp3) is 0.750. The van der Waals surface area contributed by atoms with Gasteiger partial charge in [-0.15, -0.1) is 0 Å². The summed E-state index contributed by atoms with van der Waals surface area (Å²) < 4.78 is 7.30. The van der Waals surface area contributed by atoms with Crippen molar-refractivity contribution in [3.05, 3.63) is 18.7 Å². The first kappa shape index (κ1) is 19.9. The molecule has 3 heterocycles. The van der Waals surface area contributed by atoms with Gasteiger partial charge in [0.2, 0.25) is 11.8 Å². The Bertz CT molecular complexity index is 596. The molecule has 0 radical (unpaired) electrons. The van der Waals surface area contributed by atoms with Gasteiger partial charge in [-0.3, -0.25) is 9.59 Å². The number of imidazole rings is 1. The molecule has 7 nitrogen and oxygen atoms in total. The smallest absolute Gasteiger partial charge is 0.248 e. The molecule has 1 aromatic heterocycles. The molecule has 3 rings (SSSR count). The van der Waals surface area contributed by atoms with Crippen molar-refractivity contribution in [2.45, 2.75) is 58.0 Å². The predicted octanol–water partition coefficient (Wildman–Crippen LogP) is 1.93. The Hall–Kier alpha value is -1.89. The van der Waals surface area contributed by atoms with Crippen molar-refractivity contribution in [2.75, 3.05) is 32.8 Å². The zero-order valence-corrected chi connectivity index (χ0v) is 16.4. The van der Waals surface area contributed by atoms with Gasteiger partial charge < -0.3 is 19.1 Å². The molecule has 150 valence electrons. The first-order chi connectivity index (χ1) is 13.2. The third-order valence-electron chi connectivity index (χ3n) is 5.82. The number of likely N-dealkylation sites (tertiary alicyclic amines) is 2. The minimum atomic E-state index is 0.0407. The van der Waals surface area contributed by atoms with Crippen LogP contribution in [0.25, 0.3) is 0 Å². The molecule has 1 aromatic rings.